The van der Waals surface area contributed by atoms with Crippen LogP contribution in [0.5, 0.6) is 0 Å². The van der Waals surface area contributed by atoms with Crippen molar-refractivity contribution in [2.75, 3.05) is 0 Å². The monoisotopic (exact) mass is 344 g/mol. The van der Waals surface area contributed by atoms with Crippen molar-refractivity contribution in [2.45, 2.75) is 15.4 Å². The molecule has 3 heteroatoms. The second-order valence-electron chi connectivity index (χ2n) is 6.45. The van der Waals surface area contributed by atoms with E-state index in [0.717, 1.165) is 22.3 Å². The summed E-state index contributed by atoms with van der Waals surface area (Å²) in [6.07, 6.45) is 7.18. The third-order valence-corrected chi connectivity index (χ3v) is 12.3. The molecule has 2 unspecified atom stereocenters. The summed E-state index contributed by atoms with van der Waals surface area (Å²) in [4.78, 5) is 0. The Morgan fingerprint density at radius 2 is 1.22 bits per heavy atom. The van der Waals surface area contributed by atoms with Gasteiger partial charge in [0.25, 0.3) is 0 Å². The summed E-state index contributed by atoms with van der Waals surface area (Å²) in [6, 6.07) is 15.1. The van der Waals surface area contributed by atoms with Gasteiger partial charge in [-0.1, -0.05) is 0 Å². The van der Waals surface area contributed by atoms with Crippen LogP contribution in [0.25, 0.3) is 12.2 Å². The quantitative estimate of drug-likeness (QED) is 0.604. The first-order valence-corrected chi connectivity index (χ1v) is 11.8. The second-order valence-corrected chi connectivity index (χ2v) is 13.1. The predicted molar refractivity (Wildman–Crippen MR) is 90.4 cm³/mol. The van der Waals surface area contributed by atoms with E-state index >= 15 is 6.18 Å². The molecule has 2 aromatic carbocycles. The molecule has 0 spiro atoms. The Balaban J connectivity index is 1.92. The Morgan fingerprint density at radius 1 is 0.783 bits per heavy atom. The normalized spacial score (nSPS) is 22.1. The topological polar surface area (TPSA) is 0 Å². The zero-order valence-corrected chi connectivity index (χ0v) is 14.5. The molecule has 23 heavy (non-hydrogen) atoms. The molecule has 0 N–H and O–H groups in total. The van der Waals surface area contributed by atoms with Crippen LogP contribution in [-0.4, -0.2) is 4.31 Å². The maximum atomic E-state index is 16.3. The van der Waals surface area contributed by atoms with Gasteiger partial charge in [0.2, 0.25) is 0 Å². The molecule has 0 heterocycles. The first-order valence-electron chi connectivity index (χ1n) is 7.96. The summed E-state index contributed by atoms with van der Waals surface area (Å²) in [7, 11) is 0. The van der Waals surface area contributed by atoms with Crippen molar-refractivity contribution in [1.29, 1.82) is 0 Å². The van der Waals surface area contributed by atoms with Crippen LogP contribution < -0.4 is 0 Å². The third kappa shape index (κ3) is 2.02. The molecule has 4 rings (SSSR count). The molecule has 0 nitrogen and oxygen atoms in total. The van der Waals surface area contributed by atoms with E-state index in [-0.39, 0.29) is 0 Å². The van der Waals surface area contributed by atoms with Gasteiger partial charge in [-0.25, -0.2) is 0 Å². The Labute approximate surface area is 136 Å². The molecule has 0 bridgehead atoms. The van der Waals surface area contributed by atoms with Gasteiger partial charge in [0.1, 0.15) is 0 Å². The van der Waals surface area contributed by atoms with E-state index in [1.54, 1.807) is 19.1 Å². The number of hydrogen-bond donors (Lipinski definition) is 0. The molecule has 116 valence electrons. The minimum absolute atomic E-state index is 0.756. The predicted octanol–water partition coefficient (Wildman–Crippen LogP) is 5.80. The van der Waals surface area contributed by atoms with Gasteiger partial charge in [-0.15, -0.1) is 0 Å². The van der Waals surface area contributed by atoms with Gasteiger partial charge < -0.3 is 0 Å². The number of benzene rings is 2. The molecule has 2 atom stereocenters. The number of hydrogen-bond acceptors (Lipinski definition) is 0. The van der Waals surface area contributed by atoms with Gasteiger partial charge in [0.15, 0.2) is 0 Å². The molecular formula is C20H18F2Ti. The molecule has 0 amide bonds. The van der Waals surface area contributed by atoms with Crippen molar-refractivity contribution in [3.63, 3.8) is 0 Å². The number of rotatable bonds is 2. The van der Waals surface area contributed by atoms with Crippen LogP contribution in [0, 0.1) is 0 Å². The summed E-state index contributed by atoms with van der Waals surface area (Å²) in [5, 5.41) is 0. The number of fused-ring (bicyclic) bond motifs is 2. The van der Waals surface area contributed by atoms with Gasteiger partial charge in [0.05, 0.1) is 0 Å². The van der Waals surface area contributed by atoms with Crippen molar-refractivity contribution in [3.8, 4) is 0 Å². The van der Waals surface area contributed by atoms with Gasteiger partial charge in [0, 0.05) is 0 Å². The summed E-state index contributed by atoms with van der Waals surface area (Å²) < 4.78 is 32.5. The molecule has 0 aliphatic heterocycles. The summed E-state index contributed by atoms with van der Waals surface area (Å²) in [6.45, 7) is 1.56. The molecule has 2 aliphatic rings. The van der Waals surface area contributed by atoms with E-state index in [2.05, 4.69) is 0 Å². The van der Waals surface area contributed by atoms with Crippen LogP contribution in [0.3, 0.4) is 0 Å². The standard InChI is InChI=1S/2C9H7.C2H4.2FH.Ti/c2*1-2-5-9-7-3-6-8(9)4-1;1-2;;;/h2*1-7H;1H,2H3;2*1H;/q;;;;;+2/p-2. The van der Waals surface area contributed by atoms with Crippen LogP contribution >= 0.6 is 0 Å². The van der Waals surface area contributed by atoms with E-state index in [1.165, 1.54) is 4.31 Å². The molecule has 0 aromatic heterocycles. The van der Waals surface area contributed by atoms with Crippen molar-refractivity contribution >= 4 is 16.5 Å². The summed E-state index contributed by atoms with van der Waals surface area (Å²) >= 11 is -5.98. The van der Waals surface area contributed by atoms with Gasteiger partial charge in [-0.05, 0) is 0 Å². The van der Waals surface area contributed by atoms with E-state index in [1.807, 2.05) is 60.7 Å². The fraction of sp³-hybridized carbons (Fsp3) is 0.150. The maximum absolute atomic E-state index is 16.3. The fourth-order valence-corrected chi connectivity index (χ4v) is 9.86. The fourth-order valence-electron chi connectivity index (χ4n) is 4.01. The Hall–Kier alpha value is -1.64. The SMILES string of the molecule is C[CH]=[Ti]([F])([F])([CH]1C=Cc2ccccc21)[CH]1C=Cc2ccccc21. The van der Waals surface area contributed by atoms with E-state index < -0.39 is 24.4 Å². The summed E-state index contributed by atoms with van der Waals surface area (Å²) in [5.41, 5.74) is 3.43. The number of allylic oxidation sites excluding steroid dienone is 2. The molecular weight excluding hydrogens is 326 g/mol. The van der Waals surface area contributed by atoms with Crippen LogP contribution in [0.15, 0.2) is 60.7 Å². The van der Waals surface area contributed by atoms with Crippen molar-refractivity contribution < 1.29 is 22.1 Å². The van der Waals surface area contributed by atoms with E-state index in [9.17, 15) is 0 Å². The van der Waals surface area contributed by atoms with Crippen molar-refractivity contribution in [3.05, 3.63) is 82.9 Å². The van der Waals surface area contributed by atoms with Crippen molar-refractivity contribution in [2.24, 2.45) is 0 Å². The minimum atomic E-state index is -5.98. The molecule has 0 radical (unpaired) electrons. The molecule has 0 saturated heterocycles. The Morgan fingerprint density at radius 3 is 1.65 bits per heavy atom. The average Bonchev–Trinajstić information content (AvgIpc) is 3.20. The van der Waals surface area contributed by atoms with Crippen molar-refractivity contribution in [1.82, 2.24) is 0 Å². The average molecular weight is 344 g/mol. The zero-order chi connectivity index (χ0) is 16.1. The van der Waals surface area contributed by atoms with Gasteiger partial charge in [-0.3, -0.25) is 0 Å². The second kappa shape index (κ2) is 4.93. The van der Waals surface area contributed by atoms with E-state index in [0.29, 0.717) is 0 Å². The van der Waals surface area contributed by atoms with Gasteiger partial charge >= 0.3 is 137 Å². The third-order valence-electron chi connectivity index (χ3n) is 5.34. The molecule has 2 aromatic rings. The first-order chi connectivity index (χ1) is 11.0. The molecule has 0 fully saturated rings. The zero-order valence-electron chi connectivity index (χ0n) is 12.9. The van der Waals surface area contributed by atoms with Crippen LogP contribution in [0.4, 0.5) is 6.18 Å². The van der Waals surface area contributed by atoms with Crippen LogP contribution in [0.2, 0.25) is 0 Å². The van der Waals surface area contributed by atoms with E-state index in [4.69, 9.17) is 0 Å². The van der Waals surface area contributed by atoms with Crippen LogP contribution in [0.1, 0.15) is 37.6 Å². The Kier molecular flexibility index (Phi) is 3.20. The Bertz CT molecular complexity index is 847. The summed E-state index contributed by atoms with van der Waals surface area (Å²) in [5.74, 6) is 0. The number of halogens is 2. The van der Waals surface area contributed by atoms with Gasteiger partial charge in [-0.2, -0.15) is 0 Å². The first kappa shape index (κ1) is 14.9. The molecule has 0 saturated carbocycles. The molecule has 2 aliphatic carbocycles. The van der Waals surface area contributed by atoms with Crippen LogP contribution in [-0.2, 0) is 15.9 Å².